The van der Waals surface area contributed by atoms with Gasteiger partial charge in [-0.15, -0.1) is 0 Å². The van der Waals surface area contributed by atoms with E-state index in [1.54, 1.807) is 6.92 Å². The number of anilines is 1. The summed E-state index contributed by atoms with van der Waals surface area (Å²) < 4.78 is 33.4. The lowest BCUT2D eigenvalue weighted by Crippen LogP contribution is -2.65. The topological polar surface area (TPSA) is 41.6 Å². The van der Waals surface area contributed by atoms with Crippen LogP contribution in [-0.2, 0) is 0 Å². The average molecular weight is 316 g/mol. The van der Waals surface area contributed by atoms with Crippen molar-refractivity contribution in [3.8, 4) is 5.75 Å². The lowest BCUT2D eigenvalue weighted by Gasteiger charge is -2.50. The molecule has 4 nitrogen and oxygen atoms in total. The zero-order valence-corrected chi connectivity index (χ0v) is 12.3. The summed E-state index contributed by atoms with van der Waals surface area (Å²) in [4.78, 5) is 13.8. The van der Waals surface area contributed by atoms with E-state index in [2.05, 4.69) is 5.32 Å². The maximum Gasteiger partial charge on any atom is 0.325 e. The van der Waals surface area contributed by atoms with Crippen LogP contribution in [0.5, 0.6) is 5.75 Å². The van der Waals surface area contributed by atoms with Gasteiger partial charge in [0.05, 0.1) is 11.7 Å². The monoisotopic (exact) mass is 316 g/mol. The highest BCUT2D eigenvalue weighted by atomic mass is 19.1. The summed E-state index contributed by atoms with van der Waals surface area (Å²) in [5.74, 6) is -0.845. The third-order valence-electron chi connectivity index (χ3n) is 4.33. The molecule has 6 heteroatoms. The summed E-state index contributed by atoms with van der Waals surface area (Å²) in [7, 11) is 0. The van der Waals surface area contributed by atoms with Crippen molar-refractivity contribution in [2.24, 2.45) is 0 Å². The zero-order valence-electron chi connectivity index (χ0n) is 12.3. The van der Waals surface area contributed by atoms with Gasteiger partial charge in [0.15, 0.2) is 5.72 Å². The quantitative estimate of drug-likeness (QED) is 0.871. The van der Waals surface area contributed by atoms with Gasteiger partial charge in [0.2, 0.25) is 0 Å². The van der Waals surface area contributed by atoms with Gasteiger partial charge in [-0.1, -0.05) is 18.2 Å². The predicted octanol–water partition coefficient (Wildman–Crippen LogP) is 3.73. The number of nitrogens with one attached hydrogen (secondary N) is 1. The fourth-order valence-corrected chi connectivity index (χ4v) is 3.35. The van der Waals surface area contributed by atoms with E-state index in [1.165, 1.54) is 11.0 Å². The molecule has 2 heterocycles. The Hall–Kier alpha value is -2.63. The van der Waals surface area contributed by atoms with E-state index < -0.39 is 23.4 Å². The van der Waals surface area contributed by atoms with Gasteiger partial charge in [-0.2, -0.15) is 0 Å². The van der Waals surface area contributed by atoms with Crippen LogP contribution < -0.4 is 15.0 Å². The molecule has 2 bridgehead atoms. The van der Waals surface area contributed by atoms with E-state index in [-0.39, 0.29) is 11.7 Å². The number of nitrogens with zero attached hydrogens (tertiary/aromatic N) is 1. The molecular formula is C17H14F2N2O2. The van der Waals surface area contributed by atoms with Gasteiger partial charge in [-0.25, -0.2) is 13.6 Å². The summed E-state index contributed by atoms with van der Waals surface area (Å²) in [6, 6.07) is 9.90. The average Bonchev–Trinajstić information content (AvgIpc) is 2.48. The van der Waals surface area contributed by atoms with Crippen molar-refractivity contribution in [3.63, 3.8) is 0 Å². The van der Waals surface area contributed by atoms with Gasteiger partial charge in [-0.3, -0.25) is 4.90 Å². The molecule has 2 atom stereocenters. The maximum atomic E-state index is 14.2. The molecule has 1 saturated heterocycles. The number of hydrogen-bond donors (Lipinski definition) is 1. The first-order valence-electron chi connectivity index (χ1n) is 7.32. The number of rotatable bonds is 1. The highest BCUT2D eigenvalue weighted by Gasteiger charge is 2.50. The number of amides is 2. The van der Waals surface area contributed by atoms with E-state index in [1.807, 2.05) is 24.3 Å². The van der Waals surface area contributed by atoms with Gasteiger partial charge in [0, 0.05) is 18.1 Å². The molecule has 0 aliphatic carbocycles. The number of urea groups is 1. The van der Waals surface area contributed by atoms with Crippen molar-refractivity contribution < 1.29 is 18.3 Å². The van der Waals surface area contributed by atoms with Crippen LogP contribution >= 0.6 is 0 Å². The zero-order chi connectivity index (χ0) is 16.2. The first-order valence-corrected chi connectivity index (χ1v) is 7.32. The van der Waals surface area contributed by atoms with Crippen LogP contribution in [0.15, 0.2) is 42.5 Å². The van der Waals surface area contributed by atoms with Crippen molar-refractivity contribution in [2.75, 3.05) is 4.90 Å². The number of benzene rings is 2. The summed E-state index contributed by atoms with van der Waals surface area (Å²) in [5, 5.41) is 2.87. The number of halogens is 2. The largest absolute Gasteiger partial charge is 0.467 e. The maximum absolute atomic E-state index is 14.2. The van der Waals surface area contributed by atoms with E-state index in [9.17, 15) is 13.6 Å². The molecule has 2 aromatic carbocycles. The molecular weight excluding hydrogens is 302 g/mol. The molecule has 0 unspecified atom stereocenters. The Labute approximate surface area is 131 Å². The molecule has 0 saturated carbocycles. The number of para-hydroxylation sites is 1. The fourth-order valence-electron chi connectivity index (χ4n) is 3.35. The molecule has 2 aliphatic heterocycles. The van der Waals surface area contributed by atoms with Crippen molar-refractivity contribution in [3.05, 3.63) is 59.7 Å². The van der Waals surface area contributed by atoms with Gasteiger partial charge < -0.3 is 10.1 Å². The second-order valence-corrected chi connectivity index (χ2v) is 5.95. The third-order valence-corrected chi connectivity index (χ3v) is 4.33. The van der Waals surface area contributed by atoms with Crippen molar-refractivity contribution in [1.29, 1.82) is 0 Å². The van der Waals surface area contributed by atoms with Crippen LogP contribution in [0.2, 0.25) is 0 Å². The van der Waals surface area contributed by atoms with Crippen LogP contribution in [0, 0.1) is 11.6 Å². The molecule has 2 amide bonds. The summed E-state index contributed by atoms with van der Waals surface area (Å²) in [5.41, 5.74) is -0.151. The first-order chi connectivity index (χ1) is 11.0. The molecule has 23 heavy (non-hydrogen) atoms. The first kappa shape index (κ1) is 14.0. The van der Waals surface area contributed by atoms with Crippen LogP contribution in [0.3, 0.4) is 0 Å². The van der Waals surface area contributed by atoms with Crippen LogP contribution in [0.1, 0.15) is 24.9 Å². The molecule has 118 valence electrons. The number of carbonyl (C=O) groups is 1. The Bertz CT molecular complexity index is 811. The van der Waals surface area contributed by atoms with Crippen molar-refractivity contribution >= 4 is 11.7 Å². The second-order valence-electron chi connectivity index (χ2n) is 5.95. The number of carbonyl (C=O) groups excluding carboxylic acids is 1. The van der Waals surface area contributed by atoms with E-state index in [0.29, 0.717) is 12.2 Å². The molecule has 0 spiro atoms. The Morgan fingerprint density at radius 1 is 1.26 bits per heavy atom. The lowest BCUT2D eigenvalue weighted by atomic mass is 9.90. The normalized spacial score (nSPS) is 25.4. The second kappa shape index (κ2) is 4.68. The Morgan fingerprint density at radius 3 is 2.83 bits per heavy atom. The fraction of sp³-hybridized carbons (Fsp3) is 0.235. The minimum Gasteiger partial charge on any atom is -0.467 e. The SMILES string of the molecule is C[C@@]12C[C@@H](NC(=O)N1c1ccc(F)cc1F)c1ccccc1O2. The summed E-state index contributed by atoms with van der Waals surface area (Å²) >= 11 is 0. The summed E-state index contributed by atoms with van der Waals surface area (Å²) in [6.07, 6.45) is 0.465. The van der Waals surface area contributed by atoms with Gasteiger partial charge in [-0.05, 0) is 25.1 Å². The highest BCUT2D eigenvalue weighted by molar-refractivity contribution is 5.95. The summed E-state index contributed by atoms with van der Waals surface area (Å²) in [6.45, 7) is 1.73. The van der Waals surface area contributed by atoms with Crippen LogP contribution in [-0.4, -0.2) is 11.8 Å². The highest BCUT2D eigenvalue weighted by Crippen LogP contribution is 2.45. The molecule has 0 aromatic heterocycles. The smallest absolute Gasteiger partial charge is 0.325 e. The van der Waals surface area contributed by atoms with Crippen molar-refractivity contribution in [1.82, 2.24) is 5.32 Å². The number of ether oxygens (including phenoxy) is 1. The molecule has 2 aromatic rings. The van der Waals surface area contributed by atoms with E-state index in [0.717, 1.165) is 17.7 Å². The molecule has 1 N–H and O–H groups in total. The van der Waals surface area contributed by atoms with Crippen molar-refractivity contribution in [2.45, 2.75) is 25.1 Å². The Balaban J connectivity index is 1.83. The number of fused-ring (bicyclic) bond motifs is 4. The molecule has 1 fully saturated rings. The molecule has 2 aliphatic rings. The predicted molar refractivity (Wildman–Crippen MR) is 80.2 cm³/mol. The van der Waals surface area contributed by atoms with Gasteiger partial charge in [0.1, 0.15) is 17.4 Å². The lowest BCUT2D eigenvalue weighted by molar-refractivity contribution is 0.0373. The third kappa shape index (κ3) is 2.05. The Kier molecular flexibility index (Phi) is 2.85. The van der Waals surface area contributed by atoms with Gasteiger partial charge in [0.25, 0.3) is 0 Å². The van der Waals surface area contributed by atoms with Crippen LogP contribution in [0.25, 0.3) is 0 Å². The van der Waals surface area contributed by atoms with E-state index >= 15 is 0 Å². The standard InChI is InChI=1S/C17H14F2N2O2/c1-17-9-13(11-4-2-3-5-15(11)23-17)20-16(22)21(17)14-7-6-10(18)8-12(14)19/h2-8,13H,9H2,1H3,(H,20,22)/t13-,17-/m1/s1. The minimum absolute atomic E-state index is 0.00997. The van der Waals surface area contributed by atoms with Gasteiger partial charge >= 0.3 is 6.03 Å². The van der Waals surface area contributed by atoms with Crippen LogP contribution in [0.4, 0.5) is 19.3 Å². The molecule has 4 rings (SSSR count). The minimum atomic E-state index is -1.04. The van der Waals surface area contributed by atoms with E-state index in [4.69, 9.17) is 4.74 Å². The Morgan fingerprint density at radius 2 is 2.04 bits per heavy atom. The number of hydrogen-bond acceptors (Lipinski definition) is 2. The molecule has 0 radical (unpaired) electrons.